The summed E-state index contributed by atoms with van der Waals surface area (Å²) in [6.45, 7) is 11.7. The van der Waals surface area contributed by atoms with E-state index in [-0.39, 0.29) is 10.8 Å². The Balaban J connectivity index is 1.09. The monoisotopic (exact) mass is 786 g/mol. The number of fused-ring (bicyclic) bond motifs is 13. The van der Waals surface area contributed by atoms with E-state index < -0.39 is 11.3 Å². The van der Waals surface area contributed by atoms with Crippen LogP contribution in [0, 0.1) is 0 Å². The molecule has 61 heavy (non-hydrogen) atoms. The largest absolute Gasteiger partial charge is 0.310 e. The van der Waals surface area contributed by atoms with Crippen molar-refractivity contribution >= 4 is 17.1 Å². The van der Waals surface area contributed by atoms with Crippen molar-refractivity contribution in [3.63, 3.8) is 0 Å². The smallest absolute Gasteiger partial charge is 0.0726 e. The third kappa shape index (κ3) is 5.19. The normalized spacial score (nSPS) is 18.3. The van der Waals surface area contributed by atoms with Gasteiger partial charge in [-0.1, -0.05) is 181 Å². The molecule has 0 aliphatic heterocycles. The second kappa shape index (κ2) is 13.0. The van der Waals surface area contributed by atoms with E-state index in [1.165, 1.54) is 83.5 Å². The summed E-state index contributed by atoms with van der Waals surface area (Å²) in [4.78, 5) is 2.49. The first kappa shape index (κ1) is 35.3. The van der Waals surface area contributed by atoms with Crippen LogP contribution in [-0.4, -0.2) is 0 Å². The summed E-state index contributed by atoms with van der Waals surface area (Å²) in [6, 6.07) is 66.7. The Hall–Kier alpha value is -6.44. The SMILES string of the molecule is [2H]C1(c2ccc(-c3cccc(N(c4ccc5c(c4)C(C)(C)c4ccccc4-5)c4ccc5c(c4)C4(c6ccccc6-5)c5ccccc5-c5ccc(C(C)(C)C)cc54)c3)cc2)CCC1. The van der Waals surface area contributed by atoms with Gasteiger partial charge in [-0.2, -0.15) is 0 Å². The molecule has 8 aromatic carbocycles. The van der Waals surface area contributed by atoms with Gasteiger partial charge in [0.25, 0.3) is 0 Å². The fraction of sp³-hybridized carbons (Fsp3) is 0.200. The van der Waals surface area contributed by atoms with Gasteiger partial charge in [-0.05, 0) is 150 Å². The van der Waals surface area contributed by atoms with E-state index in [9.17, 15) is 0 Å². The fourth-order valence-electron chi connectivity index (χ4n) is 11.4. The Bertz CT molecular complexity index is 3130. The van der Waals surface area contributed by atoms with Crippen LogP contribution >= 0.6 is 0 Å². The average Bonchev–Trinajstić information content (AvgIpc) is 3.83. The molecule has 1 unspecified atom stereocenters. The molecular formula is C60H51N. The third-order valence-electron chi connectivity index (χ3n) is 14.7. The highest BCUT2D eigenvalue weighted by Gasteiger charge is 2.52. The van der Waals surface area contributed by atoms with Crippen molar-refractivity contribution in [1.29, 1.82) is 0 Å². The van der Waals surface area contributed by atoms with E-state index >= 15 is 0 Å². The molecule has 4 aliphatic carbocycles. The maximum atomic E-state index is 8.95. The van der Waals surface area contributed by atoms with Crippen molar-refractivity contribution in [3.05, 3.63) is 220 Å². The lowest BCUT2D eigenvalue weighted by atomic mass is 9.69. The van der Waals surface area contributed by atoms with Crippen molar-refractivity contribution in [1.82, 2.24) is 0 Å². The Morgan fingerprint density at radius 1 is 0.459 bits per heavy atom. The zero-order valence-electron chi connectivity index (χ0n) is 36.8. The van der Waals surface area contributed by atoms with E-state index in [1.807, 2.05) is 0 Å². The van der Waals surface area contributed by atoms with Crippen LogP contribution in [0.15, 0.2) is 176 Å². The van der Waals surface area contributed by atoms with E-state index in [0.29, 0.717) is 0 Å². The van der Waals surface area contributed by atoms with Gasteiger partial charge in [-0.3, -0.25) is 0 Å². The molecule has 1 nitrogen and oxygen atoms in total. The van der Waals surface area contributed by atoms with Gasteiger partial charge >= 0.3 is 0 Å². The summed E-state index contributed by atoms with van der Waals surface area (Å²) in [6.07, 6.45) is 3.03. The minimum absolute atomic E-state index is 0.00321. The average molecular weight is 787 g/mol. The molecule has 1 spiro atoms. The lowest BCUT2D eigenvalue weighted by Crippen LogP contribution is -2.27. The van der Waals surface area contributed by atoms with Gasteiger partial charge in [-0.25, -0.2) is 0 Å². The van der Waals surface area contributed by atoms with Crippen molar-refractivity contribution in [2.45, 2.75) is 76.0 Å². The standard InChI is InChI=1S/C60H51N/c1-58(2,3)42-28-31-50-47-19-7-10-22-53(47)60(56(50)35-42)54-23-11-8-20-48(54)51-33-30-45(37-57(51)60)61(44-29-32-49-46-18-6-9-21-52(46)59(4,5)55(49)36-44)43-17-13-16-41(34-43)40-26-24-39(25-27-40)38-14-12-15-38/h6-11,13,16-38H,12,14-15H2,1-5H3/i38D. The molecule has 1 atom stereocenters. The van der Waals surface area contributed by atoms with Gasteiger partial charge in [-0.15, -0.1) is 0 Å². The van der Waals surface area contributed by atoms with Crippen molar-refractivity contribution in [2.75, 3.05) is 4.90 Å². The van der Waals surface area contributed by atoms with Crippen LogP contribution in [0.2, 0.25) is 0 Å². The molecule has 1 heteroatoms. The number of benzene rings is 8. The van der Waals surface area contributed by atoms with Gasteiger partial charge in [0.05, 0.1) is 5.41 Å². The first-order valence-electron chi connectivity index (χ1n) is 22.7. The first-order chi connectivity index (χ1) is 30.0. The Kier molecular flexibility index (Phi) is 7.55. The molecule has 4 aliphatic rings. The van der Waals surface area contributed by atoms with E-state index in [2.05, 4.69) is 215 Å². The van der Waals surface area contributed by atoms with Crippen LogP contribution < -0.4 is 4.90 Å². The van der Waals surface area contributed by atoms with E-state index in [1.54, 1.807) is 0 Å². The summed E-state index contributed by atoms with van der Waals surface area (Å²) in [5, 5.41) is 0. The lowest BCUT2D eigenvalue weighted by Gasteiger charge is -2.33. The lowest BCUT2D eigenvalue weighted by molar-refractivity contribution is 0.420. The van der Waals surface area contributed by atoms with Gasteiger partial charge < -0.3 is 4.90 Å². The van der Waals surface area contributed by atoms with Gasteiger partial charge in [0.1, 0.15) is 0 Å². The zero-order valence-corrected chi connectivity index (χ0v) is 35.8. The molecule has 0 radical (unpaired) electrons. The number of hydrogen-bond donors (Lipinski definition) is 0. The number of hydrogen-bond acceptors (Lipinski definition) is 1. The van der Waals surface area contributed by atoms with Crippen molar-refractivity contribution in [2.24, 2.45) is 0 Å². The minimum Gasteiger partial charge on any atom is -0.310 e. The fourth-order valence-corrected chi connectivity index (χ4v) is 11.4. The predicted octanol–water partition coefficient (Wildman–Crippen LogP) is 16.0. The molecule has 0 amide bonds. The second-order valence-electron chi connectivity index (χ2n) is 19.4. The van der Waals surface area contributed by atoms with Crippen LogP contribution in [0.3, 0.4) is 0 Å². The number of rotatable bonds is 5. The van der Waals surface area contributed by atoms with Crippen LogP contribution in [0.5, 0.6) is 0 Å². The third-order valence-corrected chi connectivity index (χ3v) is 14.7. The van der Waals surface area contributed by atoms with Gasteiger partial charge in [0.15, 0.2) is 0 Å². The Morgan fingerprint density at radius 3 is 1.57 bits per heavy atom. The minimum atomic E-state index is -0.471. The molecule has 0 saturated heterocycles. The highest BCUT2D eigenvalue weighted by molar-refractivity contribution is 5.97. The van der Waals surface area contributed by atoms with E-state index in [0.717, 1.165) is 41.9 Å². The molecular weight excluding hydrogens is 735 g/mol. The van der Waals surface area contributed by atoms with Crippen molar-refractivity contribution in [3.8, 4) is 44.5 Å². The molecule has 1 fully saturated rings. The molecule has 0 heterocycles. The van der Waals surface area contributed by atoms with Gasteiger partial charge in [0.2, 0.25) is 0 Å². The Morgan fingerprint density at radius 2 is 0.967 bits per heavy atom. The molecule has 8 aromatic rings. The highest BCUT2D eigenvalue weighted by Crippen LogP contribution is 2.64. The molecule has 0 N–H and O–H groups in total. The maximum absolute atomic E-state index is 8.95. The summed E-state index contributed by atoms with van der Waals surface area (Å²) >= 11 is 0. The molecule has 1 saturated carbocycles. The van der Waals surface area contributed by atoms with Crippen LogP contribution in [-0.2, 0) is 16.2 Å². The van der Waals surface area contributed by atoms with Crippen LogP contribution in [0.4, 0.5) is 17.1 Å². The summed E-state index contributed by atoms with van der Waals surface area (Å²) < 4.78 is 8.95. The number of nitrogens with zero attached hydrogens (tertiary/aromatic N) is 1. The first-order valence-corrected chi connectivity index (χ1v) is 22.2. The quantitative estimate of drug-likeness (QED) is 0.168. The topological polar surface area (TPSA) is 3.24 Å². The predicted molar refractivity (Wildman–Crippen MR) is 256 cm³/mol. The van der Waals surface area contributed by atoms with Crippen molar-refractivity contribution < 1.29 is 1.37 Å². The van der Waals surface area contributed by atoms with Crippen LogP contribution in [0.25, 0.3) is 44.5 Å². The maximum Gasteiger partial charge on any atom is 0.0726 e. The van der Waals surface area contributed by atoms with E-state index in [4.69, 9.17) is 1.37 Å². The second-order valence-corrected chi connectivity index (χ2v) is 19.4. The molecule has 0 aromatic heterocycles. The summed E-state index contributed by atoms with van der Waals surface area (Å²) in [5.41, 5.74) is 23.6. The highest BCUT2D eigenvalue weighted by atomic mass is 15.1. The molecule has 12 rings (SSSR count). The van der Waals surface area contributed by atoms with Gasteiger partial charge in [0, 0.05) is 23.8 Å². The zero-order chi connectivity index (χ0) is 42.2. The molecule has 296 valence electrons. The van der Waals surface area contributed by atoms with Crippen LogP contribution in [0.1, 0.15) is 106 Å². The molecule has 0 bridgehead atoms. The summed E-state index contributed by atoms with van der Waals surface area (Å²) in [5.74, 6) is -0.433. The Labute approximate surface area is 362 Å². The summed E-state index contributed by atoms with van der Waals surface area (Å²) in [7, 11) is 0. The number of anilines is 3.